The minimum absolute atomic E-state index is 0.329. The van der Waals surface area contributed by atoms with Gasteiger partial charge in [-0.05, 0) is 46.6 Å². The molecule has 4 N–H and O–H groups in total. The first-order valence-corrected chi connectivity index (χ1v) is 9.05. The van der Waals surface area contributed by atoms with Crippen molar-refractivity contribution in [3.05, 3.63) is 52.9 Å². The zero-order valence-corrected chi connectivity index (χ0v) is 15.7. The van der Waals surface area contributed by atoms with Crippen LogP contribution in [0.15, 0.2) is 47.3 Å². The average molecular weight is 419 g/mol. The van der Waals surface area contributed by atoms with E-state index in [4.69, 9.17) is 11.1 Å². The Kier molecular flexibility index (Phi) is 5.82. The fourth-order valence-corrected chi connectivity index (χ4v) is 3.06. The van der Waals surface area contributed by atoms with E-state index in [2.05, 4.69) is 31.2 Å². The SMILES string of the molecule is N=C(/C=C(\N)c1ccc(N2CC[C@H](F)C2)nc1)CNc1cncc(Br)c1. The van der Waals surface area contributed by atoms with E-state index in [0.717, 1.165) is 21.5 Å². The first-order valence-electron chi connectivity index (χ1n) is 8.26. The Labute approximate surface area is 160 Å². The second-order valence-corrected chi connectivity index (χ2v) is 7.02. The fraction of sp³-hybridized carbons (Fsp3) is 0.278. The van der Waals surface area contributed by atoms with Gasteiger partial charge in [0.1, 0.15) is 12.0 Å². The number of halogens is 2. The molecule has 3 rings (SSSR count). The largest absolute Gasteiger partial charge is 0.398 e. The topological polar surface area (TPSA) is 90.9 Å². The molecule has 1 aliphatic rings. The van der Waals surface area contributed by atoms with Crippen molar-refractivity contribution in [2.45, 2.75) is 12.6 Å². The molecule has 0 aromatic carbocycles. The molecule has 8 heteroatoms. The van der Waals surface area contributed by atoms with Crippen molar-refractivity contribution in [2.75, 3.05) is 29.9 Å². The van der Waals surface area contributed by atoms with E-state index in [-0.39, 0.29) is 0 Å². The van der Waals surface area contributed by atoms with Gasteiger partial charge in [-0.25, -0.2) is 9.37 Å². The zero-order chi connectivity index (χ0) is 18.5. The number of nitrogens with zero attached hydrogens (tertiary/aromatic N) is 3. The Morgan fingerprint density at radius 2 is 2.27 bits per heavy atom. The summed E-state index contributed by atoms with van der Waals surface area (Å²) in [7, 11) is 0. The summed E-state index contributed by atoms with van der Waals surface area (Å²) in [5.41, 5.74) is 8.43. The van der Waals surface area contributed by atoms with Crippen molar-refractivity contribution in [3.63, 3.8) is 0 Å². The lowest BCUT2D eigenvalue weighted by Gasteiger charge is -2.16. The van der Waals surface area contributed by atoms with Gasteiger partial charge in [0, 0.05) is 34.7 Å². The van der Waals surface area contributed by atoms with Gasteiger partial charge in [-0.2, -0.15) is 0 Å². The lowest BCUT2D eigenvalue weighted by Crippen LogP contribution is -2.21. The normalized spacial score (nSPS) is 17.4. The van der Waals surface area contributed by atoms with Gasteiger partial charge in [0.05, 0.1) is 30.7 Å². The maximum atomic E-state index is 13.3. The van der Waals surface area contributed by atoms with Crippen LogP contribution in [-0.2, 0) is 0 Å². The zero-order valence-electron chi connectivity index (χ0n) is 14.1. The van der Waals surface area contributed by atoms with E-state index < -0.39 is 6.17 Å². The van der Waals surface area contributed by atoms with Crippen LogP contribution < -0.4 is 16.0 Å². The Morgan fingerprint density at radius 3 is 2.92 bits per heavy atom. The average Bonchev–Trinajstić information content (AvgIpc) is 3.06. The van der Waals surface area contributed by atoms with E-state index in [1.54, 1.807) is 24.7 Å². The van der Waals surface area contributed by atoms with Crippen LogP contribution in [0.25, 0.3) is 5.70 Å². The van der Waals surface area contributed by atoms with Crippen LogP contribution in [-0.4, -0.2) is 41.5 Å². The monoisotopic (exact) mass is 418 g/mol. The maximum absolute atomic E-state index is 13.3. The van der Waals surface area contributed by atoms with Crippen molar-refractivity contribution < 1.29 is 4.39 Å². The highest BCUT2D eigenvalue weighted by atomic mass is 79.9. The van der Waals surface area contributed by atoms with Gasteiger partial charge < -0.3 is 21.4 Å². The molecule has 0 saturated carbocycles. The number of anilines is 2. The highest BCUT2D eigenvalue weighted by molar-refractivity contribution is 9.10. The summed E-state index contributed by atoms with van der Waals surface area (Å²) in [6, 6.07) is 5.57. The smallest absolute Gasteiger partial charge is 0.128 e. The molecule has 2 aromatic heterocycles. The van der Waals surface area contributed by atoms with Gasteiger partial charge in [-0.15, -0.1) is 0 Å². The van der Waals surface area contributed by atoms with Crippen LogP contribution >= 0.6 is 15.9 Å². The summed E-state index contributed by atoms with van der Waals surface area (Å²) < 4.78 is 14.2. The molecule has 3 heterocycles. The van der Waals surface area contributed by atoms with Gasteiger partial charge in [0.15, 0.2) is 0 Å². The Morgan fingerprint density at radius 1 is 1.42 bits per heavy atom. The first kappa shape index (κ1) is 18.3. The van der Waals surface area contributed by atoms with Gasteiger partial charge >= 0.3 is 0 Å². The van der Waals surface area contributed by atoms with Crippen LogP contribution in [0.4, 0.5) is 15.9 Å². The highest BCUT2D eigenvalue weighted by Gasteiger charge is 2.22. The summed E-state index contributed by atoms with van der Waals surface area (Å²) in [6.07, 6.45) is 6.40. The second kappa shape index (κ2) is 8.27. The lowest BCUT2D eigenvalue weighted by molar-refractivity contribution is 0.364. The molecule has 0 bridgehead atoms. The van der Waals surface area contributed by atoms with E-state index in [1.165, 1.54) is 0 Å². The van der Waals surface area contributed by atoms with Crippen LogP contribution in [0, 0.1) is 5.41 Å². The number of pyridine rings is 2. The summed E-state index contributed by atoms with van der Waals surface area (Å²) in [5, 5.41) is 11.2. The predicted molar refractivity (Wildman–Crippen MR) is 106 cm³/mol. The van der Waals surface area contributed by atoms with Gasteiger partial charge in [0.25, 0.3) is 0 Å². The fourth-order valence-electron chi connectivity index (χ4n) is 2.70. The molecule has 6 nitrogen and oxygen atoms in total. The molecular formula is C18H20BrFN6. The summed E-state index contributed by atoms with van der Waals surface area (Å²) >= 11 is 3.35. The number of hydrogen-bond donors (Lipinski definition) is 3. The van der Waals surface area contributed by atoms with E-state index in [9.17, 15) is 4.39 Å². The van der Waals surface area contributed by atoms with Crippen molar-refractivity contribution in [1.82, 2.24) is 9.97 Å². The van der Waals surface area contributed by atoms with Crippen molar-refractivity contribution >= 4 is 38.8 Å². The Bertz CT molecular complexity index is 808. The third-order valence-corrected chi connectivity index (χ3v) is 4.49. The van der Waals surface area contributed by atoms with Crippen LogP contribution in [0.3, 0.4) is 0 Å². The molecule has 1 aliphatic heterocycles. The molecule has 1 atom stereocenters. The molecule has 0 radical (unpaired) electrons. The molecule has 2 aromatic rings. The Hall–Kier alpha value is -2.48. The molecule has 136 valence electrons. The minimum Gasteiger partial charge on any atom is -0.398 e. The minimum atomic E-state index is -0.783. The van der Waals surface area contributed by atoms with Crippen molar-refractivity contribution in [2.24, 2.45) is 5.73 Å². The number of aromatic nitrogens is 2. The molecule has 0 amide bonds. The molecule has 0 aliphatic carbocycles. The first-order chi connectivity index (χ1) is 12.5. The van der Waals surface area contributed by atoms with Crippen LogP contribution in [0.5, 0.6) is 0 Å². The number of rotatable bonds is 6. The molecular weight excluding hydrogens is 399 g/mol. The van der Waals surface area contributed by atoms with E-state index >= 15 is 0 Å². The highest BCUT2D eigenvalue weighted by Crippen LogP contribution is 2.21. The van der Waals surface area contributed by atoms with Gasteiger partial charge in [-0.3, -0.25) is 4.98 Å². The number of nitrogens with two attached hydrogens (primary N) is 1. The van der Waals surface area contributed by atoms with Crippen LogP contribution in [0.2, 0.25) is 0 Å². The summed E-state index contributed by atoms with van der Waals surface area (Å²) in [4.78, 5) is 10.3. The lowest BCUT2D eigenvalue weighted by atomic mass is 10.1. The Balaban J connectivity index is 1.58. The van der Waals surface area contributed by atoms with Crippen LogP contribution in [0.1, 0.15) is 12.0 Å². The van der Waals surface area contributed by atoms with Crippen molar-refractivity contribution in [3.8, 4) is 0 Å². The predicted octanol–water partition coefficient (Wildman–Crippen LogP) is 3.22. The van der Waals surface area contributed by atoms with E-state index in [1.807, 2.05) is 23.1 Å². The van der Waals surface area contributed by atoms with Gasteiger partial charge in [-0.1, -0.05) is 0 Å². The number of alkyl halides is 1. The van der Waals surface area contributed by atoms with Gasteiger partial charge in [0.2, 0.25) is 0 Å². The number of hydrogen-bond acceptors (Lipinski definition) is 6. The third-order valence-electron chi connectivity index (χ3n) is 4.05. The summed E-state index contributed by atoms with van der Waals surface area (Å²) in [6.45, 7) is 1.40. The molecule has 1 saturated heterocycles. The van der Waals surface area contributed by atoms with Crippen molar-refractivity contribution in [1.29, 1.82) is 5.41 Å². The summed E-state index contributed by atoms with van der Waals surface area (Å²) in [5.74, 6) is 0.751. The maximum Gasteiger partial charge on any atom is 0.128 e. The molecule has 0 spiro atoms. The second-order valence-electron chi connectivity index (χ2n) is 6.11. The molecule has 1 fully saturated rings. The van der Waals surface area contributed by atoms with E-state index in [0.29, 0.717) is 37.5 Å². The third kappa shape index (κ3) is 4.78. The quantitative estimate of drug-likeness (QED) is 0.626. The molecule has 0 unspecified atom stereocenters. The standard InChI is InChI=1S/C18H20BrFN6/c19-13-5-16(10-23-8-13)24-9-15(21)6-17(22)12-1-2-18(25-7-12)26-4-3-14(20)11-26/h1-2,5-8,10,14,21,24H,3-4,9,11,22H2/b17-6-,21-15?/t14-/m0/s1. The number of nitrogens with one attached hydrogen (secondary N) is 2. The molecule has 26 heavy (non-hydrogen) atoms.